The first-order valence-electron chi connectivity index (χ1n) is 7.14. The van der Waals surface area contributed by atoms with Crippen molar-refractivity contribution in [3.05, 3.63) is 76.7 Å². The summed E-state index contributed by atoms with van der Waals surface area (Å²) in [5.41, 5.74) is 2.10. The van der Waals surface area contributed by atoms with Gasteiger partial charge in [0.25, 0.3) is 5.91 Å². The number of rotatable bonds is 4. The Labute approximate surface area is 138 Å². The van der Waals surface area contributed by atoms with Gasteiger partial charge in [0, 0.05) is 16.8 Å². The molecule has 23 heavy (non-hydrogen) atoms. The predicted octanol–water partition coefficient (Wildman–Crippen LogP) is 3.54. The van der Waals surface area contributed by atoms with Crippen LogP contribution < -0.4 is 5.32 Å². The Bertz CT molecular complexity index is 844. The normalized spacial score (nSPS) is 10.5. The fourth-order valence-corrected chi connectivity index (χ4v) is 2.40. The van der Waals surface area contributed by atoms with Crippen molar-refractivity contribution in [1.82, 2.24) is 14.8 Å². The Morgan fingerprint density at radius 1 is 1.17 bits per heavy atom. The lowest BCUT2D eigenvalue weighted by Gasteiger charge is -2.10. The number of carbonyl (C=O) groups is 1. The van der Waals surface area contributed by atoms with Crippen LogP contribution >= 0.6 is 11.6 Å². The number of halogens is 1. The molecule has 1 amide bonds. The summed E-state index contributed by atoms with van der Waals surface area (Å²) in [5, 5.41) is 7.74. The third kappa shape index (κ3) is 3.57. The van der Waals surface area contributed by atoms with Crippen LogP contribution in [0.15, 0.2) is 54.7 Å². The van der Waals surface area contributed by atoms with Crippen molar-refractivity contribution in [3.63, 3.8) is 0 Å². The molecule has 5 nitrogen and oxygen atoms in total. The number of pyridine rings is 1. The van der Waals surface area contributed by atoms with Crippen LogP contribution in [0, 0.1) is 6.92 Å². The van der Waals surface area contributed by atoms with Gasteiger partial charge in [-0.3, -0.25) is 4.79 Å². The molecule has 1 N–H and O–H groups in total. The largest absolute Gasteiger partial charge is 0.305 e. The minimum atomic E-state index is -0.269. The number of nitrogens with one attached hydrogen (secondary N) is 1. The molecule has 0 fully saturated rings. The van der Waals surface area contributed by atoms with Crippen molar-refractivity contribution in [2.75, 3.05) is 5.32 Å². The van der Waals surface area contributed by atoms with E-state index < -0.39 is 0 Å². The lowest BCUT2D eigenvalue weighted by Crippen LogP contribution is -2.17. The zero-order valence-electron chi connectivity index (χ0n) is 12.5. The van der Waals surface area contributed by atoms with E-state index in [4.69, 9.17) is 11.6 Å². The highest BCUT2D eigenvalue weighted by molar-refractivity contribution is 6.31. The Balaban J connectivity index is 1.79. The number of nitrogens with zero attached hydrogens (tertiary/aromatic N) is 3. The predicted molar refractivity (Wildman–Crippen MR) is 89.7 cm³/mol. The number of aryl methyl sites for hydroxylation is 1. The molecule has 0 saturated carbocycles. The van der Waals surface area contributed by atoms with Gasteiger partial charge < -0.3 is 5.32 Å². The maximum absolute atomic E-state index is 12.3. The highest BCUT2D eigenvalue weighted by Crippen LogP contribution is 2.18. The lowest BCUT2D eigenvalue weighted by molar-refractivity contribution is 0.102. The minimum absolute atomic E-state index is 0.269. The van der Waals surface area contributed by atoms with Gasteiger partial charge in [0.15, 0.2) is 0 Å². The summed E-state index contributed by atoms with van der Waals surface area (Å²) >= 11 is 6.17. The summed E-state index contributed by atoms with van der Waals surface area (Å²) in [6.45, 7) is 2.32. The van der Waals surface area contributed by atoms with Gasteiger partial charge >= 0.3 is 0 Å². The Morgan fingerprint density at radius 2 is 2.00 bits per heavy atom. The monoisotopic (exact) mass is 326 g/mol. The van der Waals surface area contributed by atoms with Crippen LogP contribution in [0.4, 0.5) is 5.82 Å². The SMILES string of the molecule is Cc1cccc(C(=O)Nc2ccnn2Cc2ccccc2Cl)n1. The van der Waals surface area contributed by atoms with E-state index in [1.165, 1.54) is 0 Å². The van der Waals surface area contributed by atoms with E-state index in [1.54, 1.807) is 29.1 Å². The first-order chi connectivity index (χ1) is 11.1. The molecule has 3 aromatic rings. The molecule has 0 bridgehead atoms. The number of hydrogen-bond acceptors (Lipinski definition) is 3. The van der Waals surface area contributed by atoms with Gasteiger partial charge in [-0.15, -0.1) is 0 Å². The van der Waals surface area contributed by atoms with Crippen LogP contribution in [0.25, 0.3) is 0 Å². The number of aromatic nitrogens is 3. The van der Waals surface area contributed by atoms with E-state index in [9.17, 15) is 4.79 Å². The third-order valence-electron chi connectivity index (χ3n) is 3.36. The number of carbonyl (C=O) groups excluding carboxylic acids is 1. The molecule has 2 heterocycles. The van der Waals surface area contributed by atoms with Crippen molar-refractivity contribution < 1.29 is 4.79 Å². The van der Waals surface area contributed by atoms with Crippen LogP contribution in [0.3, 0.4) is 0 Å². The van der Waals surface area contributed by atoms with Crippen molar-refractivity contribution in [1.29, 1.82) is 0 Å². The van der Waals surface area contributed by atoms with E-state index >= 15 is 0 Å². The molecule has 3 rings (SSSR count). The van der Waals surface area contributed by atoms with Crippen LogP contribution in [0.1, 0.15) is 21.7 Å². The van der Waals surface area contributed by atoms with Gasteiger partial charge in [-0.1, -0.05) is 35.9 Å². The molecule has 116 valence electrons. The zero-order valence-corrected chi connectivity index (χ0v) is 13.3. The summed E-state index contributed by atoms with van der Waals surface area (Å²) in [6, 6.07) is 14.6. The standard InChI is InChI=1S/C17H15ClN4O/c1-12-5-4-8-15(20-12)17(23)21-16-9-10-19-22(16)11-13-6-2-3-7-14(13)18/h2-10H,11H2,1H3,(H,21,23). The third-order valence-corrected chi connectivity index (χ3v) is 3.73. The quantitative estimate of drug-likeness (QED) is 0.797. The Morgan fingerprint density at radius 3 is 2.78 bits per heavy atom. The highest BCUT2D eigenvalue weighted by Gasteiger charge is 2.12. The molecule has 6 heteroatoms. The average molecular weight is 327 g/mol. The van der Waals surface area contributed by atoms with Crippen LogP contribution in [0.2, 0.25) is 5.02 Å². The fourth-order valence-electron chi connectivity index (χ4n) is 2.20. The molecule has 0 radical (unpaired) electrons. The first kappa shape index (κ1) is 15.2. The first-order valence-corrected chi connectivity index (χ1v) is 7.51. The summed E-state index contributed by atoms with van der Waals surface area (Å²) in [5.74, 6) is 0.327. The second-order valence-electron chi connectivity index (χ2n) is 5.08. The van der Waals surface area contributed by atoms with E-state index in [2.05, 4.69) is 15.4 Å². The Hall–Kier alpha value is -2.66. The number of anilines is 1. The highest BCUT2D eigenvalue weighted by atomic mass is 35.5. The molecule has 0 saturated heterocycles. The Kier molecular flexibility index (Phi) is 4.39. The topological polar surface area (TPSA) is 59.8 Å². The summed E-state index contributed by atoms with van der Waals surface area (Å²) < 4.78 is 1.69. The maximum Gasteiger partial charge on any atom is 0.275 e. The van der Waals surface area contributed by atoms with E-state index in [0.717, 1.165) is 11.3 Å². The fraction of sp³-hybridized carbons (Fsp3) is 0.118. The molecular formula is C17H15ClN4O. The number of benzene rings is 1. The van der Waals surface area contributed by atoms with Crippen LogP contribution in [-0.4, -0.2) is 20.7 Å². The molecule has 0 aliphatic carbocycles. The molecule has 0 aliphatic rings. The van der Waals surface area contributed by atoms with E-state index in [0.29, 0.717) is 23.1 Å². The van der Waals surface area contributed by atoms with E-state index in [-0.39, 0.29) is 5.91 Å². The average Bonchev–Trinajstić information content (AvgIpc) is 2.96. The van der Waals surface area contributed by atoms with Gasteiger partial charge in [0.05, 0.1) is 12.7 Å². The molecule has 0 spiro atoms. The minimum Gasteiger partial charge on any atom is -0.305 e. The van der Waals surface area contributed by atoms with Gasteiger partial charge in [0.2, 0.25) is 0 Å². The van der Waals surface area contributed by atoms with Gasteiger partial charge in [-0.25, -0.2) is 9.67 Å². The molecule has 0 atom stereocenters. The van der Waals surface area contributed by atoms with E-state index in [1.807, 2.05) is 37.3 Å². The molecule has 0 aliphatic heterocycles. The van der Waals surface area contributed by atoms with Crippen molar-refractivity contribution in [2.24, 2.45) is 0 Å². The van der Waals surface area contributed by atoms with Crippen LogP contribution in [0.5, 0.6) is 0 Å². The molecular weight excluding hydrogens is 312 g/mol. The summed E-state index contributed by atoms with van der Waals surface area (Å²) in [7, 11) is 0. The lowest BCUT2D eigenvalue weighted by atomic mass is 10.2. The van der Waals surface area contributed by atoms with Crippen molar-refractivity contribution in [2.45, 2.75) is 13.5 Å². The van der Waals surface area contributed by atoms with Gasteiger partial charge in [-0.2, -0.15) is 5.10 Å². The maximum atomic E-state index is 12.3. The molecule has 1 aromatic carbocycles. The van der Waals surface area contributed by atoms with Crippen molar-refractivity contribution in [3.8, 4) is 0 Å². The second-order valence-corrected chi connectivity index (χ2v) is 5.49. The van der Waals surface area contributed by atoms with Gasteiger partial charge in [0.1, 0.15) is 11.5 Å². The summed E-state index contributed by atoms with van der Waals surface area (Å²) in [6.07, 6.45) is 1.64. The van der Waals surface area contributed by atoms with Crippen molar-refractivity contribution >= 4 is 23.3 Å². The molecule has 2 aromatic heterocycles. The van der Waals surface area contributed by atoms with Crippen LogP contribution in [-0.2, 0) is 6.54 Å². The summed E-state index contributed by atoms with van der Waals surface area (Å²) in [4.78, 5) is 16.5. The van der Waals surface area contributed by atoms with Gasteiger partial charge in [-0.05, 0) is 30.7 Å². The smallest absolute Gasteiger partial charge is 0.275 e. The number of amides is 1. The second kappa shape index (κ2) is 6.62. The molecule has 0 unspecified atom stereocenters. The zero-order chi connectivity index (χ0) is 16.2. The number of hydrogen-bond donors (Lipinski definition) is 1.